The van der Waals surface area contributed by atoms with Crippen LogP contribution in [0.15, 0.2) is 0 Å². The van der Waals surface area contributed by atoms with Crippen LogP contribution < -0.4 is 11.3 Å². The van der Waals surface area contributed by atoms with Crippen LogP contribution in [-0.2, 0) is 4.79 Å². The van der Waals surface area contributed by atoms with Crippen LogP contribution in [0.1, 0.15) is 13.3 Å². The van der Waals surface area contributed by atoms with Crippen LogP contribution in [0.5, 0.6) is 0 Å². The summed E-state index contributed by atoms with van der Waals surface area (Å²) in [5.74, 6) is 4.83. The van der Waals surface area contributed by atoms with E-state index >= 15 is 0 Å². The Hall–Kier alpha value is -0.610. The maximum absolute atomic E-state index is 10.9. The minimum Gasteiger partial charge on any atom is -0.298 e. The number of likely N-dealkylation sites (N-methyl/N-ethyl adjacent to an activating group) is 1. The van der Waals surface area contributed by atoms with E-state index in [0.717, 1.165) is 6.42 Å². The van der Waals surface area contributed by atoms with Crippen LogP contribution in [-0.4, -0.2) is 30.9 Å². The van der Waals surface area contributed by atoms with Crippen LogP contribution in [0.25, 0.3) is 0 Å². The molecule has 0 aliphatic heterocycles. The van der Waals surface area contributed by atoms with Gasteiger partial charge < -0.3 is 0 Å². The molecule has 60 valence electrons. The van der Waals surface area contributed by atoms with Crippen molar-refractivity contribution in [1.29, 1.82) is 0 Å². The lowest BCUT2D eigenvalue weighted by Crippen LogP contribution is -2.45. The van der Waals surface area contributed by atoms with E-state index in [2.05, 4.69) is 5.43 Å². The van der Waals surface area contributed by atoms with E-state index in [1.165, 1.54) is 0 Å². The quantitative estimate of drug-likeness (QED) is 0.314. The van der Waals surface area contributed by atoms with Crippen molar-refractivity contribution in [3.63, 3.8) is 0 Å². The molecule has 0 saturated heterocycles. The van der Waals surface area contributed by atoms with E-state index in [1.807, 2.05) is 25.9 Å². The van der Waals surface area contributed by atoms with Crippen LogP contribution in [0.4, 0.5) is 0 Å². The minimum absolute atomic E-state index is 0.106. The van der Waals surface area contributed by atoms with E-state index in [-0.39, 0.29) is 11.9 Å². The van der Waals surface area contributed by atoms with Crippen molar-refractivity contribution >= 4 is 5.91 Å². The second-order valence-corrected chi connectivity index (χ2v) is 2.40. The fraction of sp³-hybridized carbons (Fsp3) is 0.833. The molecule has 0 spiro atoms. The number of hydrazine groups is 1. The fourth-order valence-electron chi connectivity index (χ4n) is 0.881. The maximum atomic E-state index is 10.9. The summed E-state index contributed by atoms with van der Waals surface area (Å²) in [4.78, 5) is 12.7. The first-order valence-electron chi connectivity index (χ1n) is 3.30. The van der Waals surface area contributed by atoms with Gasteiger partial charge in [-0.2, -0.15) is 0 Å². The summed E-state index contributed by atoms with van der Waals surface area (Å²) in [5.41, 5.74) is 2.12. The first-order valence-corrected chi connectivity index (χ1v) is 3.30. The van der Waals surface area contributed by atoms with Gasteiger partial charge in [0.25, 0.3) is 5.91 Å². The molecule has 0 bridgehead atoms. The largest absolute Gasteiger partial charge is 0.298 e. The molecule has 0 aliphatic carbocycles. The molecule has 0 saturated carbocycles. The van der Waals surface area contributed by atoms with Gasteiger partial charge in [0, 0.05) is 0 Å². The molecule has 0 aromatic rings. The van der Waals surface area contributed by atoms with E-state index in [0.29, 0.717) is 0 Å². The van der Waals surface area contributed by atoms with Gasteiger partial charge in [-0.05, 0) is 20.5 Å². The lowest BCUT2D eigenvalue weighted by Gasteiger charge is -2.20. The fourth-order valence-corrected chi connectivity index (χ4v) is 0.881. The molecule has 0 aliphatic rings. The zero-order valence-corrected chi connectivity index (χ0v) is 6.72. The van der Waals surface area contributed by atoms with Gasteiger partial charge in [0.2, 0.25) is 0 Å². The number of rotatable bonds is 3. The third-order valence-electron chi connectivity index (χ3n) is 1.45. The highest BCUT2D eigenvalue weighted by molar-refractivity contribution is 5.80. The topological polar surface area (TPSA) is 58.4 Å². The Bertz CT molecular complexity index is 114. The van der Waals surface area contributed by atoms with Gasteiger partial charge in [-0.1, -0.05) is 6.92 Å². The van der Waals surface area contributed by atoms with Crippen molar-refractivity contribution in [2.75, 3.05) is 14.1 Å². The molecule has 4 nitrogen and oxygen atoms in total. The third kappa shape index (κ3) is 2.33. The van der Waals surface area contributed by atoms with E-state index < -0.39 is 0 Å². The van der Waals surface area contributed by atoms with Crippen molar-refractivity contribution in [3.05, 3.63) is 0 Å². The number of hydrogen-bond donors (Lipinski definition) is 2. The van der Waals surface area contributed by atoms with Gasteiger partial charge in [0.05, 0.1) is 6.04 Å². The summed E-state index contributed by atoms with van der Waals surface area (Å²) < 4.78 is 0. The number of carbonyl (C=O) groups is 1. The van der Waals surface area contributed by atoms with Gasteiger partial charge in [0.15, 0.2) is 0 Å². The van der Waals surface area contributed by atoms with Gasteiger partial charge >= 0.3 is 0 Å². The smallest absolute Gasteiger partial charge is 0.251 e. The first kappa shape index (κ1) is 9.39. The lowest BCUT2D eigenvalue weighted by atomic mass is 10.2. The van der Waals surface area contributed by atoms with Crippen LogP contribution in [0, 0.1) is 0 Å². The standard InChI is InChI=1S/C6H15N3O/c1-4-5(9(2)3)6(10)8-7/h5H,4,7H2,1-3H3,(H,8,10)/t5-/m0/s1. The second kappa shape index (κ2) is 4.24. The third-order valence-corrected chi connectivity index (χ3v) is 1.45. The normalized spacial score (nSPS) is 13.3. The summed E-state index contributed by atoms with van der Waals surface area (Å²) >= 11 is 0. The molecule has 10 heavy (non-hydrogen) atoms. The summed E-state index contributed by atoms with van der Waals surface area (Å²) in [6.45, 7) is 1.94. The predicted octanol–water partition coefficient (Wildman–Crippen LogP) is -0.683. The number of nitrogens with two attached hydrogens (primary N) is 1. The monoisotopic (exact) mass is 145 g/mol. The maximum Gasteiger partial charge on any atom is 0.251 e. The second-order valence-electron chi connectivity index (χ2n) is 2.40. The number of nitrogens with one attached hydrogen (secondary N) is 1. The van der Waals surface area contributed by atoms with Crippen LogP contribution in [0.3, 0.4) is 0 Å². The molecule has 0 radical (unpaired) electrons. The molecule has 1 amide bonds. The lowest BCUT2D eigenvalue weighted by molar-refractivity contribution is -0.125. The Morgan fingerprint density at radius 2 is 2.20 bits per heavy atom. The Balaban J connectivity index is 3.93. The molecular weight excluding hydrogens is 130 g/mol. The van der Waals surface area contributed by atoms with E-state index in [9.17, 15) is 4.79 Å². The van der Waals surface area contributed by atoms with Crippen molar-refractivity contribution in [1.82, 2.24) is 10.3 Å². The number of hydrogen-bond acceptors (Lipinski definition) is 3. The van der Waals surface area contributed by atoms with Gasteiger partial charge in [-0.15, -0.1) is 0 Å². The molecule has 0 aromatic heterocycles. The molecule has 0 fully saturated rings. The zero-order chi connectivity index (χ0) is 8.15. The summed E-state index contributed by atoms with van der Waals surface area (Å²) in [7, 11) is 3.70. The molecule has 0 unspecified atom stereocenters. The SMILES string of the molecule is CC[C@@H](C(=O)NN)N(C)C. The molecule has 0 aromatic carbocycles. The van der Waals surface area contributed by atoms with Crippen molar-refractivity contribution < 1.29 is 4.79 Å². The van der Waals surface area contributed by atoms with E-state index in [4.69, 9.17) is 5.84 Å². The molecule has 0 rings (SSSR count). The Morgan fingerprint density at radius 1 is 1.70 bits per heavy atom. The van der Waals surface area contributed by atoms with Gasteiger partial charge in [0.1, 0.15) is 0 Å². The average Bonchev–Trinajstić information content (AvgIpc) is 1.88. The van der Waals surface area contributed by atoms with Crippen LogP contribution >= 0.6 is 0 Å². The number of nitrogens with zero attached hydrogens (tertiary/aromatic N) is 1. The van der Waals surface area contributed by atoms with Crippen molar-refractivity contribution in [2.45, 2.75) is 19.4 Å². The van der Waals surface area contributed by atoms with Crippen molar-refractivity contribution in [2.24, 2.45) is 5.84 Å². The Morgan fingerprint density at radius 3 is 2.30 bits per heavy atom. The predicted molar refractivity (Wildman–Crippen MR) is 40.1 cm³/mol. The van der Waals surface area contributed by atoms with E-state index in [1.54, 1.807) is 0 Å². The highest BCUT2D eigenvalue weighted by Gasteiger charge is 2.16. The summed E-state index contributed by atoms with van der Waals surface area (Å²) in [5, 5.41) is 0. The Kier molecular flexibility index (Phi) is 3.99. The molecule has 0 heterocycles. The average molecular weight is 145 g/mol. The first-order chi connectivity index (χ1) is 4.63. The summed E-state index contributed by atoms with van der Waals surface area (Å²) in [6, 6.07) is -0.106. The van der Waals surface area contributed by atoms with Crippen LogP contribution in [0.2, 0.25) is 0 Å². The Labute approximate surface area is 61.3 Å². The zero-order valence-electron chi connectivity index (χ0n) is 6.72. The molecule has 3 N–H and O–H groups in total. The molecule has 1 atom stereocenters. The summed E-state index contributed by atoms with van der Waals surface area (Å²) in [6.07, 6.45) is 0.774. The molecular formula is C6H15N3O. The van der Waals surface area contributed by atoms with Crippen molar-refractivity contribution in [3.8, 4) is 0 Å². The number of carbonyl (C=O) groups excluding carboxylic acids is 1. The highest BCUT2D eigenvalue weighted by atomic mass is 16.2. The van der Waals surface area contributed by atoms with Gasteiger partial charge in [-0.25, -0.2) is 5.84 Å². The highest BCUT2D eigenvalue weighted by Crippen LogP contribution is 1.96. The number of amides is 1. The molecule has 4 heteroatoms. The minimum atomic E-state index is -0.132. The van der Waals surface area contributed by atoms with Gasteiger partial charge in [-0.3, -0.25) is 15.1 Å².